The summed E-state index contributed by atoms with van der Waals surface area (Å²) in [6, 6.07) is 10.0. The molecule has 0 unspecified atom stereocenters. The van der Waals surface area contributed by atoms with Gasteiger partial charge in [0, 0.05) is 12.2 Å². The van der Waals surface area contributed by atoms with Gasteiger partial charge in [0.25, 0.3) is 0 Å². The standard InChI is InChI=1S/C23H28N4O2S/c1-4-27-20(18-11-14-29-15-18)25-26-22(27)30-23(12-5-6-13-23)21(28)24-19-9-7-17(8-10-19)16(2)3/h7-11,14-16H,4-6,12-13H2,1-3H3,(H,24,28). The molecular formula is C23H28N4O2S. The number of benzene rings is 1. The van der Waals surface area contributed by atoms with Crippen LogP contribution in [0.3, 0.4) is 0 Å². The minimum absolute atomic E-state index is 0.0535. The molecule has 7 heteroatoms. The van der Waals surface area contributed by atoms with E-state index >= 15 is 0 Å². The lowest BCUT2D eigenvalue weighted by Crippen LogP contribution is -2.37. The molecular weight excluding hydrogens is 396 g/mol. The van der Waals surface area contributed by atoms with E-state index in [4.69, 9.17) is 4.42 Å². The number of hydrogen-bond donors (Lipinski definition) is 1. The molecule has 1 amide bonds. The molecule has 0 atom stereocenters. The summed E-state index contributed by atoms with van der Waals surface area (Å²) in [5.74, 6) is 1.29. The van der Waals surface area contributed by atoms with Gasteiger partial charge in [-0.15, -0.1) is 10.2 Å². The first-order chi connectivity index (χ1) is 14.5. The maximum Gasteiger partial charge on any atom is 0.241 e. The highest BCUT2D eigenvalue weighted by Gasteiger charge is 2.43. The van der Waals surface area contributed by atoms with Crippen molar-refractivity contribution in [3.05, 3.63) is 48.4 Å². The van der Waals surface area contributed by atoms with Crippen molar-refractivity contribution >= 4 is 23.4 Å². The molecule has 0 aliphatic heterocycles. The maximum absolute atomic E-state index is 13.4. The Labute approximate surface area is 181 Å². The number of nitrogens with one attached hydrogen (secondary N) is 1. The van der Waals surface area contributed by atoms with Gasteiger partial charge < -0.3 is 14.3 Å². The van der Waals surface area contributed by atoms with Gasteiger partial charge in [0.05, 0.1) is 11.8 Å². The van der Waals surface area contributed by atoms with Crippen LogP contribution in [0.4, 0.5) is 5.69 Å². The normalized spacial score (nSPS) is 15.6. The molecule has 30 heavy (non-hydrogen) atoms. The van der Waals surface area contributed by atoms with Crippen molar-refractivity contribution in [1.82, 2.24) is 14.8 Å². The van der Waals surface area contributed by atoms with Gasteiger partial charge in [0.2, 0.25) is 5.91 Å². The van der Waals surface area contributed by atoms with Crippen LogP contribution in [-0.2, 0) is 11.3 Å². The van der Waals surface area contributed by atoms with Gasteiger partial charge in [0.15, 0.2) is 11.0 Å². The van der Waals surface area contributed by atoms with Gasteiger partial charge in [-0.2, -0.15) is 0 Å². The molecule has 1 aliphatic carbocycles. The second-order valence-corrected chi connectivity index (χ2v) is 9.45. The SMILES string of the molecule is CCn1c(SC2(C(=O)Nc3ccc(C(C)C)cc3)CCCC2)nnc1-c1ccoc1. The Kier molecular flexibility index (Phi) is 5.99. The van der Waals surface area contributed by atoms with E-state index in [0.717, 1.165) is 54.5 Å². The lowest BCUT2D eigenvalue weighted by Gasteiger charge is -2.26. The molecule has 4 rings (SSSR count). The second kappa shape index (κ2) is 8.68. The van der Waals surface area contributed by atoms with Crippen LogP contribution in [-0.4, -0.2) is 25.4 Å². The van der Waals surface area contributed by atoms with Crippen LogP contribution < -0.4 is 5.32 Å². The lowest BCUT2D eigenvalue weighted by atomic mass is 10.0. The molecule has 3 aromatic rings. The van der Waals surface area contributed by atoms with Gasteiger partial charge in [-0.3, -0.25) is 4.79 Å². The zero-order chi connectivity index (χ0) is 21.1. The van der Waals surface area contributed by atoms with Crippen LogP contribution in [0.5, 0.6) is 0 Å². The van der Waals surface area contributed by atoms with Crippen LogP contribution in [0.15, 0.2) is 52.4 Å². The summed E-state index contributed by atoms with van der Waals surface area (Å²) in [7, 11) is 0. The molecule has 1 aromatic carbocycles. The minimum atomic E-state index is -0.523. The molecule has 6 nitrogen and oxygen atoms in total. The van der Waals surface area contributed by atoms with Crippen molar-refractivity contribution in [1.29, 1.82) is 0 Å². The average Bonchev–Trinajstić information content (AvgIpc) is 3.50. The van der Waals surface area contributed by atoms with E-state index in [-0.39, 0.29) is 5.91 Å². The quantitative estimate of drug-likeness (QED) is 0.525. The van der Waals surface area contributed by atoms with Crippen LogP contribution >= 0.6 is 11.8 Å². The number of nitrogens with zero attached hydrogens (tertiary/aromatic N) is 3. The Balaban J connectivity index is 1.57. The molecule has 1 N–H and O–H groups in total. The largest absolute Gasteiger partial charge is 0.472 e. The third kappa shape index (κ3) is 4.03. The topological polar surface area (TPSA) is 73.0 Å². The Morgan fingerprint density at radius 1 is 1.20 bits per heavy atom. The van der Waals surface area contributed by atoms with E-state index in [1.54, 1.807) is 24.3 Å². The Bertz CT molecular complexity index is 987. The predicted octanol–water partition coefficient (Wildman–Crippen LogP) is 5.73. The summed E-state index contributed by atoms with van der Waals surface area (Å²) < 4.78 is 6.74. The molecule has 1 aliphatic rings. The number of amides is 1. The summed E-state index contributed by atoms with van der Waals surface area (Å²) >= 11 is 1.55. The molecule has 2 aromatic heterocycles. The van der Waals surface area contributed by atoms with Gasteiger partial charge in [-0.05, 0) is 49.4 Å². The first-order valence-corrected chi connectivity index (χ1v) is 11.4. The van der Waals surface area contributed by atoms with Crippen molar-refractivity contribution < 1.29 is 9.21 Å². The predicted molar refractivity (Wildman–Crippen MR) is 120 cm³/mol. The zero-order valence-electron chi connectivity index (χ0n) is 17.7. The van der Waals surface area contributed by atoms with Crippen molar-refractivity contribution in [3.8, 4) is 11.4 Å². The van der Waals surface area contributed by atoms with E-state index < -0.39 is 4.75 Å². The maximum atomic E-state index is 13.4. The molecule has 0 saturated heterocycles. The highest BCUT2D eigenvalue weighted by Crippen LogP contribution is 2.46. The Hall–Kier alpha value is -2.54. The molecule has 2 heterocycles. The second-order valence-electron chi connectivity index (χ2n) is 8.10. The van der Waals surface area contributed by atoms with E-state index in [2.05, 4.69) is 53.0 Å². The fourth-order valence-corrected chi connectivity index (χ4v) is 5.34. The number of carbonyl (C=O) groups is 1. The molecule has 1 saturated carbocycles. The molecule has 0 spiro atoms. The van der Waals surface area contributed by atoms with Crippen molar-refractivity contribution in [2.75, 3.05) is 5.32 Å². The third-order valence-electron chi connectivity index (χ3n) is 5.76. The third-order valence-corrected chi connectivity index (χ3v) is 7.23. The van der Waals surface area contributed by atoms with Crippen LogP contribution in [0.2, 0.25) is 0 Å². The highest BCUT2D eigenvalue weighted by atomic mass is 32.2. The van der Waals surface area contributed by atoms with Crippen molar-refractivity contribution in [3.63, 3.8) is 0 Å². The molecule has 0 bridgehead atoms. The van der Waals surface area contributed by atoms with E-state index in [0.29, 0.717) is 5.92 Å². The van der Waals surface area contributed by atoms with Gasteiger partial charge in [0.1, 0.15) is 11.0 Å². The number of anilines is 1. The number of thioether (sulfide) groups is 1. The number of furan rings is 1. The van der Waals surface area contributed by atoms with Crippen LogP contribution in [0.1, 0.15) is 57.9 Å². The first kappa shape index (κ1) is 20.7. The number of aromatic nitrogens is 3. The number of rotatable bonds is 7. The number of hydrogen-bond acceptors (Lipinski definition) is 5. The fraction of sp³-hybridized carbons (Fsp3) is 0.435. The summed E-state index contributed by atoms with van der Waals surface area (Å²) in [6.07, 6.45) is 7.07. The van der Waals surface area contributed by atoms with Crippen LogP contribution in [0.25, 0.3) is 11.4 Å². The average molecular weight is 425 g/mol. The summed E-state index contributed by atoms with van der Waals surface area (Å²) in [6.45, 7) is 7.12. The number of carbonyl (C=O) groups excluding carboxylic acids is 1. The molecule has 1 fully saturated rings. The first-order valence-electron chi connectivity index (χ1n) is 10.6. The summed E-state index contributed by atoms with van der Waals surface area (Å²) in [4.78, 5) is 13.4. The van der Waals surface area contributed by atoms with Gasteiger partial charge >= 0.3 is 0 Å². The monoisotopic (exact) mass is 424 g/mol. The smallest absolute Gasteiger partial charge is 0.241 e. The van der Waals surface area contributed by atoms with Crippen molar-refractivity contribution in [2.24, 2.45) is 0 Å². The van der Waals surface area contributed by atoms with E-state index in [1.807, 2.05) is 18.2 Å². The van der Waals surface area contributed by atoms with Gasteiger partial charge in [-0.25, -0.2) is 0 Å². The van der Waals surface area contributed by atoms with Crippen LogP contribution in [0, 0.1) is 0 Å². The lowest BCUT2D eigenvalue weighted by molar-refractivity contribution is -0.118. The van der Waals surface area contributed by atoms with Crippen molar-refractivity contribution in [2.45, 2.75) is 68.8 Å². The molecule has 0 radical (unpaired) electrons. The summed E-state index contributed by atoms with van der Waals surface area (Å²) in [5, 5.41) is 12.7. The Morgan fingerprint density at radius 3 is 2.53 bits per heavy atom. The van der Waals surface area contributed by atoms with E-state index in [9.17, 15) is 4.79 Å². The molecule has 158 valence electrons. The summed E-state index contributed by atoms with van der Waals surface area (Å²) in [5.41, 5.74) is 3.00. The minimum Gasteiger partial charge on any atom is -0.472 e. The Morgan fingerprint density at radius 2 is 1.93 bits per heavy atom. The zero-order valence-corrected chi connectivity index (χ0v) is 18.5. The highest BCUT2D eigenvalue weighted by molar-refractivity contribution is 8.01. The van der Waals surface area contributed by atoms with E-state index in [1.165, 1.54) is 5.56 Å². The fourth-order valence-electron chi connectivity index (χ4n) is 3.95. The van der Waals surface area contributed by atoms with Gasteiger partial charge in [-0.1, -0.05) is 50.6 Å².